The van der Waals surface area contributed by atoms with Crippen LogP contribution in [-0.2, 0) is 10.2 Å². The minimum Gasteiger partial charge on any atom is -0.316 e. The Morgan fingerprint density at radius 3 is 2.52 bits per heavy atom. The molecule has 0 spiro atoms. The van der Waals surface area contributed by atoms with Crippen molar-refractivity contribution in [2.75, 3.05) is 39.3 Å². The molecule has 0 aromatic rings. The van der Waals surface area contributed by atoms with Crippen molar-refractivity contribution >= 4 is 10.2 Å². The van der Waals surface area contributed by atoms with E-state index in [4.69, 9.17) is 0 Å². The van der Waals surface area contributed by atoms with E-state index in [0.29, 0.717) is 32.1 Å². The number of nitrogens with zero attached hydrogens (tertiary/aromatic N) is 2. The van der Waals surface area contributed by atoms with E-state index < -0.39 is 10.2 Å². The van der Waals surface area contributed by atoms with Crippen LogP contribution in [0.5, 0.6) is 0 Å². The molecule has 0 atom stereocenters. The van der Waals surface area contributed by atoms with Gasteiger partial charge in [0.1, 0.15) is 0 Å². The number of rotatable bonds is 6. The van der Waals surface area contributed by atoms with Crippen molar-refractivity contribution < 1.29 is 8.42 Å². The van der Waals surface area contributed by atoms with Gasteiger partial charge < -0.3 is 5.32 Å². The van der Waals surface area contributed by atoms with Crippen molar-refractivity contribution in [2.45, 2.75) is 39.5 Å². The monoisotopic (exact) mass is 315 g/mol. The van der Waals surface area contributed by atoms with Crippen LogP contribution in [0.15, 0.2) is 11.6 Å². The summed E-state index contributed by atoms with van der Waals surface area (Å²) in [4.78, 5) is 0. The van der Waals surface area contributed by atoms with Gasteiger partial charge >= 0.3 is 0 Å². The van der Waals surface area contributed by atoms with Gasteiger partial charge in [0.25, 0.3) is 10.2 Å². The smallest absolute Gasteiger partial charge is 0.282 e. The van der Waals surface area contributed by atoms with Crippen LogP contribution in [0.2, 0.25) is 0 Å². The third kappa shape index (κ3) is 4.52. The Morgan fingerprint density at radius 2 is 1.95 bits per heavy atom. The van der Waals surface area contributed by atoms with Crippen molar-refractivity contribution in [1.82, 2.24) is 13.9 Å². The van der Waals surface area contributed by atoms with E-state index in [1.807, 2.05) is 6.08 Å². The van der Waals surface area contributed by atoms with Gasteiger partial charge in [-0.05, 0) is 51.6 Å². The fourth-order valence-electron chi connectivity index (χ4n) is 2.95. The average Bonchev–Trinajstić information content (AvgIpc) is 2.48. The molecule has 0 radical (unpaired) electrons. The van der Waals surface area contributed by atoms with Crippen LogP contribution in [-0.4, -0.2) is 56.3 Å². The van der Waals surface area contributed by atoms with E-state index in [0.717, 1.165) is 38.8 Å². The summed E-state index contributed by atoms with van der Waals surface area (Å²) >= 11 is 0. The second-order valence-electron chi connectivity index (χ2n) is 6.21. The second-order valence-corrected chi connectivity index (χ2v) is 8.14. The molecular weight excluding hydrogens is 286 g/mol. The summed E-state index contributed by atoms with van der Waals surface area (Å²) in [5, 5.41) is 3.44. The van der Waals surface area contributed by atoms with Gasteiger partial charge in [0.05, 0.1) is 0 Å². The zero-order valence-corrected chi connectivity index (χ0v) is 14.2. The Bertz CT molecular complexity index is 454. The van der Waals surface area contributed by atoms with Crippen molar-refractivity contribution in [3.63, 3.8) is 0 Å². The van der Waals surface area contributed by atoms with Gasteiger partial charge in [0.2, 0.25) is 0 Å². The van der Waals surface area contributed by atoms with E-state index in [1.165, 1.54) is 5.57 Å². The van der Waals surface area contributed by atoms with Crippen molar-refractivity contribution in [2.24, 2.45) is 5.92 Å². The highest BCUT2D eigenvalue weighted by Gasteiger charge is 2.33. The Labute approximate surface area is 129 Å². The maximum absolute atomic E-state index is 12.6. The minimum absolute atomic E-state index is 0.534. The van der Waals surface area contributed by atoms with Gasteiger partial charge in [-0.2, -0.15) is 17.0 Å². The predicted molar refractivity (Wildman–Crippen MR) is 86.3 cm³/mol. The van der Waals surface area contributed by atoms with Crippen molar-refractivity contribution in [3.05, 3.63) is 11.6 Å². The van der Waals surface area contributed by atoms with Crippen LogP contribution < -0.4 is 5.32 Å². The lowest BCUT2D eigenvalue weighted by Gasteiger charge is -2.35. The Balaban J connectivity index is 1.83. The van der Waals surface area contributed by atoms with Gasteiger partial charge in [0.15, 0.2) is 0 Å². The molecule has 0 aliphatic carbocycles. The third-order valence-electron chi connectivity index (χ3n) is 4.48. The summed E-state index contributed by atoms with van der Waals surface area (Å²) in [5.74, 6) is 0.617. The molecule has 2 aliphatic rings. The number of piperidine rings is 1. The highest BCUT2D eigenvalue weighted by molar-refractivity contribution is 7.86. The SMILES string of the molecule is CCCNCC1CCN(S(=O)(=O)N2CC=C(C)CC2)CC1. The van der Waals surface area contributed by atoms with Gasteiger partial charge in [-0.15, -0.1) is 0 Å². The Morgan fingerprint density at radius 1 is 1.24 bits per heavy atom. The molecule has 6 heteroatoms. The Hall–Kier alpha value is -0.430. The summed E-state index contributed by atoms with van der Waals surface area (Å²) in [7, 11) is -3.26. The molecule has 122 valence electrons. The first-order valence-electron chi connectivity index (χ1n) is 8.15. The van der Waals surface area contributed by atoms with Crippen LogP contribution in [0, 0.1) is 5.92 Å². The normalized spacial score (nSPS) is 23.2. The van der Waals surface area contributed by atoms with Crippen LogP contribution in [0.3, 0.4) is 0 Å². The van der Waals surface area contributed by atoms with Gasteiger partial charge in [0, 0.05) is 26.2 Å². The van der Waals surface area contributed by atoms with Crippen molar-refractivity contribution in [3.8, 4) is 0 Å². The van der Waals surface area contributed by atoms with Crippen LogP contribution in [0.4, 0.5) is 0 Å². The van der Waals surface area contributed by atoms with Gasteiger partial charge in [-0.25, -0.2) is 0 Å². The molecule has 21 heavy (non-hydrogen) atoms. The zero-order valence-electron chi connectivity index (χ0n) is 13.3. The van der Waals surface area contributed by atoms with Crippen LogP contribution in [0.25, 0.3) is 0 Å². The molecular formula is C15H29N3O2S. The standard InChI is InChI=1S/C15H29N3O2S/c1-3-8-16-13-15-6-11-18(12-7-15)21(19,20)17-9-4-14(2)5-10-17/h4,15-16H,3,5-13H2,1-2H3. The maximum Gasteiger partial charge on any atom is 0.282 e. The van der Waals surface area contributed by atoms with E-state index in [-0.39, 0.29) is 0 Å². The molecule has 5 nitrogen and oxygen atoms in total. The molecule has 2 heterocycles. The first kappa shape index (κ1) is 16.9. The minimum atomic E-state index is -3.26. The van der Waals surface area contributed by atoms with Crippen LogP contribution in [0.1, 0.15) is 39.5 Å². The van der Waals surface area contributed by atoms with E-state index in [1.54, 1.807) is 8.61 Å². The summed E-state index contributed by atoms with van der Waals surface area (Å²) in [6, 6.07) is 0. The number of hydrogen-bond donors (Lipinski definition) is 1. The van der Waals surface area contributed by atoms with Crippen LogP contribution >= 0.6 is 0 Å². The second kappa shape index (κ2) is 7.72. The topological polar surface area (TPSA) is 52.7 Å². The molecule has 2 aliphatic heterocycles. The number of hydrogen-bond acceptors (Lipinski definition) is 3. The summed E-state index contributed by atoms with van der Waals surface area (Å²) in [6.07, 6.45) is 5.98. The predicted octanol–water partition coefficient (Wildman–Crippen LogP) is 1.59. The summed E-state index contributed by atoms with van der Waals surface area (Å²) in [5.41, 5.74) is 1.29. The van der Waals surface area contributed by atoms with Gasteiger partial charge in [-0.1, -0.05) is 18.6 Å². The maximum atomic E-state index is 12.6. The molecule has 2 rings (SSSR count). The first-order valence-corrected chi connectivity index (χ1v) is 9.55. The first-order chi connectivity index (χ1) is 10.0. The summed E-state index contributed by atoms with van der Waals surface area (Å²) in [6.45, 7) is 8.80. The summed E-state index contributed by atoms with van der Waals surface area (Å²) < 4.78 is 28.5. The molecule has 1 fully saturated rings. The molecule has 0 aromatic heterocycles. The van der Waals surface area contributed by atoms with E-state index >= 15 is 0 Å². The molecule has 0 unspecified atom stereocenters. The fraction of sp³-hybridized carbons (Fsp3) is 0.867. The van der Waals surface area contributed by atoms with Crippen molar-refractivity contribution in [1.29, 1.82) is 0 Å². The Kier molecular flexibility index (Phi) is 6.22. The molecule has 0 amide bonds. The lowest BCUT2D eigenvalue weighted by molar-refractivity contribution is 0.251. The van der Waals surface area contributed by atoms with Gasteiger partial charge in [-0.3, -0.25) is 0 Å². The highest BCUT2D eigenvalue weighted by atomic mass is 32.2. The molecule has 0 aromatic carbocycles. The average molecular weight is 315 g/mol. The molecule has 0 bridgehead atoms. The largest absolute Gasteiger partial charge is 0.316 e. The number of nitrogens with one attached hydrogen (secondary N) is 1. The molecule has 1 N–H and O–H groups in total. The van der Waals surface area contributed by atoms with E-state index in [9.17, 15) is 8.42 Å². The zero-order chi connectivity index (χ0) is 15.3. The lowest BCUT2D eigenvalue weighted by Crippen LogP contribution is -2.49. The molecule has 0 saturated carbocycles. The third-order valence-corrected chi connectivity index (χ3v) is 6.49. The molecule has 1 saturated heterocycles. The fourth-order valence-corrected chi connectivity index (χ4v) is 4.54. The van der Waals surface area contributed by atoms with E-state index in [2.05, 4.69) is 19.2 Å². The lowest BCUT2D eigenvalue weighted by atomic mass is 9.98. The highest BCUT2D eigenvalue weighted by Crippen LogP contribution is 2.23. The quantitative estimate of drug-likeness (QED) is 0.598.